The van der Waals surface area contributed by atoms with Crippen LogP contribution in [-0.2, 0) is 6.54 Å². The molecule has 0 saturated carbocycles. The second kappa shape index (κ2) is 6.96. The molecule has 3 aromatic rings. The number of aromatic nitrogens is 2. The second-order valence-corrected chi connectivity index (χ2v) is 6.29. The van der Waals surface area contributed by atoms with Gasteiger partial charge in [-0.05, 0) is 49.2 Å². The first-order valence-electron chi connectivity index (χ1n) is 7.48. The molecule has 2 aromatic carbocycles. The highest BCUT2D eigenvalue weighted by atomic mass is 79.9. The van der Waals surface area contributed by atoms with E-state index < -0.39 is 0 Å². The summed E-state index contributed by atoms with van der Waals surface area (Å²) in [5, 5.41) is 0.652. The maximum atomic E-state index is 12.4. The predicted octanol–water partition coefficient (Wildman–Crippen LogP) is 3.94. The molecular formula is C18H17BrN2O2. The molecule has 0 N–H and O–H groups in total. The lowest BCUT2D eigenvalue weighted by Crippen LogP contribution is -2.21. The first-order chi connectivity index (χ1) is 11.1. The van der Waals surface area contributed by atoms with Crippen molar-refractivity contribution in [2.24, 2.45) is 0 Å². The molecule has 3 rings (SSSR count). The van der Waals surface area contributed by atoms with E-state index in [1.54, 1.807) is 10.9 Å². The maximum absolute atomic E-state index is 12.4. The molecule has 0 aliphatic rings. The number of benzene rings is 2. The van der Waals surface area contributed by atoms with E-state index in [0.29, 0.717) is 18.5 Å². The summed E-state index contributed by atoms with van der Waals surface area (Å²) in [5.41, 5.74) is 1.81. The molecule has 0 bridgehead atoms. The fraction of sp³-hybridized carbons (Fsp3) is 0.222. The number of hydrogen-bond donors (Lipinski definition) is 0. The van der Waals surface area contributed by atoms with Crippen molar-refractivity contribution in [2.75, 3.05) is 6.61 Å². The highest BCUT2D eigenvalue weighted by molar-refractivity contribution is 9.10. The minimum absolute atomic E-state index is 0.00424. The van der Waals surface area contributed by atoms with Crippen molar-refractivity contribution in [2.45, 2.75) is 19.9 Å². The van der Waals surface area contributed by atoms with Gasteiger partial charge >= 0.3 is 0 Å². The number of fused-ring (bicyclic) bond motifs is 1. The topological polar surface area (TPSA) is 44.1 Å². The van der Waals surface area contributed by atoms with Crippen molar-refractivity contribution in [1.29, 1.82) is 0 Å². The fourth-order valence-electron chi connectivity index (χ4n) is 2.46. The van der Waals surface area contributed by atoms with E-state index in [1.807, 2.05) is 49.4 Å². The Hall–Kier alpha value is -2.14. The highest BCUT2D eigenvalue weighted by Crippen LogP contribution is 2.22. The van der Waals surface area contributed by atoms with Gasteiger partial charge in [-0.2, -0.15) is 0 Å². The Bertz CT molecular complexity index is 890. The lowest BCUT2D eigenvalue weighted by Gasteiger charge is -2.10. The largest absolute Gasteiger partial charge is 0.493 e. The number of ether oxygens (including phenoxy) is 1. The molecule has 0 saturated heterocycles. The summed E-state index contributed by atoms with van der Waals surface area (Å²) in [5.74, 6) is 0.872. The molecule has 5 heteroatoms. The summed E-state index contributed by atoms with van der Waals surface area (Å²) >= 11 is 3.44. The Morgan fingerprint density at radius 3 is 2.87 bits per heavy atom. The summed E-state index contributed by atoms with van der Waals surface area (Å²) in [6.07, 6.45) is 2.35. The number of hydrogen-bond acceptors (Lipinski definition) is 3. The fourth-order valence-corrected chi connectivity index (χ4v) is 2.93. The Balaban J connectivity index is 1.63. The molecule has 0 aliphatic carbocycles. The number of nitrogens with zero attached hydrogens (tertiary/aromatic N) is 2. The van der Waals surface area contributed by atoms with Crippen molar-refractivity contribution in [3.8, 4) is 5.75 Å². The van der Waals surface area contributed by atoms with E-state index in [0.717, 1.165) is 27.7 Å². The van der Waals surface area contributed by atoms with Crippen LogP contribution in [0.4, 0.5) is 0 Å². The maximum Gasteiger partial charge on any atom is 0.261 e. The van der Waals surface area contributed by atoms with Crippen LogP contribution in [0.2, 0.25) is 0 Å². The second-order valence-electron chi connectivity index (χ2n) is 5.37. The van der Waals surface area contributed by atoms with Crippen LogP contribution >= 0.6 is 15.9 Å². The van der Waals surface area contributed by atoms with Gasteiger partial charge in [-0.25, -0.2) is 4.98 Å². The van der Waals surface area contributed by atoms with E-state index >= 15 is 0 Å². The van der Waals surface area contributed by atoms with Crippen molar-refractivity contribution in [1.82, 2.24) is 9.55 Å². The van der Waals surface area contributed by atoms with Gasteiger partial charge in [-0.15, -0.1) is 0 Å². The molecule has 0 aliphatic heterocycles. The van der Waals surface area contributed by atoms with Crippen LogP contribution < -0.4 is 10.3 Å². The van der Waals surface area contributed by atoms with Crippen LogP contribution in [0.5, 0.6) is 5.75 Å². The van der Waals surface area contributed by atoms with Gasteiger partial charge in [0.15, 0.2) is 0 Å². The highest BCUT2D eigenvalue weighted by Gasteiger charge is 2.04. The van der Waals surface area contributed by atoms with Gasteiger partial charge in [-0.3, -0.25) is 9.36 Å². The zero-order valence-electron chi connectivity index (χ0n) is 12.8. The minimum Gasteiger partial charge on any atom is -0.493 e. The third-order valence-corrected chi connectivity index (χ3v) is 4.16. The smallest absolute Gasteiger partial charge is 0.261 e. The molecule has 0 unspecified atom stereocenters. The molecule has 23 heavy (non-hydrogen) atoms. The van der Waals surface area contributed by atoms with E-state index in [1.165, 1.54) is 0 Å². The zero-order chi connectivity index (χ0) is 16.2. The van der Waals surface area contributed by atoms with Crippen LogP contribution in [0.1, 0.15) is 12.0 Å². The Morgan fingerprint density at radius 1 is 1.22 bits per heavy atom. The average molecular weight is 373 g/mol. The first kappa shape index (κ1) is 15.7. The summed E-state index contributed by atoms with van der Waals surface area (Å²) in [6, 6.07) is 13.3. The normalized spacial score (nSPS) is 10.9. The molecule has 0 radical (unpaired) electrons. The lowest BCUT2D eigenvalue weighted by atomic mass is 10.2. The van der Waals surface area contributed by atoms with E-state index in [-0.39, 0.29) is 5.56 Å². The molecule has 0 amide bonds. The predicted molar refractivity (Wildman–Crippen MR) is 95.0 cm³/mol. The van der Waals surface area contributed by atoms with Gasteiger partial charge in [0.25, 0.3) is 5.56 Å². The van der Waals surface area contributed by atoms with Crippen LogP contribution in [0.25, 0.3) is 10.9 Å². The molecular weight excluding hydrogens is 356 g/mol. The van der Waals surface area contributed by atoms with Crippen LogP contribution in [0.15, 0.2) is 58.1 Å². The average Bonchev–Trinajstić information content (AvgIpc) is 2.55. The summed E-state index contributed by atoms with van der Waals surface area (Å²) in [7, 11) is 0. The number of aryl methyl sites for hydroxylation is 2. The van der Waals surface area contributed by atoms with E-state index in [4.69, 9.17) is 4.74 Å². The van der Waals surface area contributed by atoms with Gasteiger partial charge in [0, 0.05) is 11.0 Å². The Kier molecular flexibility index (Phi) is 4.76. The first-order valence-corrected chi connectivity index (χ1v) is 8.27. The molecule has 0 atom stereocenters. The monoisotopic (exact) mass is 372 g/mol. The summed E-state index contributed by atoms with van der Waals surface area (Å²) in [4.78, 5) is 16.7. The SMILES string of the molecule is Cc1cc(Br)ccc1OCCCn1cnc2ccccc2c1=O. The third kappa shape index (κ3) is 3.62. The molecule has 1 aromatic heterocycles. The van der Waals surface area contributed by atoms with Crippen molar-refractivity contribution in [3.63, 3.8) is 0 Å². The van der Waals surface area contributed by atoms with Gasteiger partial charge in [0.05, 0.1) is 23.8 Å². The van der Waals surface area contributed by atoms with Gasteiger partial charge < -0.3 is 4.74 Å². The van der Waals surface area contributed by atoms with Crippen LogP contribution in [0, 0.1) is 6.92 Å². The van der Waals surface area contributed by atoms with E-state index in [9.17, 15) is 4.79 Å². The Morgan fingerprint density at radius 2 is 2.04 bits per heavy atom. The molecule has 0 fully saturated rings. The summed E-state index contributed by atoms with van der Waals surface area (Å²) < 4.78 is 8.46. The van der Waals surface area contributed by atoms with Crippen LogP contribution in [0.3, 0.4) is 0 Å². The summed E-state index contributed by atoms with van der Waals surface area (Å²) in [6.45, 7) is 3.16. The lowest BCUT2D eigenvalue weighted by molar-refractivity contribution is 0.299. The van der Waals surface area contributed by atoms with Crippen molar-refractivity contribution < 1.29 is 4.74 Å². The molecule has 118 valence electrons. The number of para-hydroxylation sites is 1. The van der Waals surface area contributed by atoms with Gasteiger partial charge in [-0.1, -0.05) is 28.1 Å². The Labute approximate surface area is 142 Å². The number of rotatable bonds is 5. The van der Waals surface area contributed by atoms with Crippen molar-refractivity contribution in [3.05, 3.63) is 69.2 Å². The van der Waals surface area contributed by atoms with E-state index in [2.05, 4.69) is 20.9 Å². The quantitative estimate of drug-likeness (QED) is 0.637. The standard InChI is InChI=1S/C18H17BrN2O2/c1-13-11-14(19)7-8-17(13)23-10-4-9-21-12-20-16-6-3-2-5-15(16)18(21)22/h2-3,5-8,11-12H,4,9-10H2,1H3. The zero-order valence-corrected chi connectivity index (χ0v) is 14.4. The van der Waals surface area contributed by atoms with Gasteiger partial charge in [0.2, 0.25) is 0 Å². The molecule has 0 spiro atoms. The van der Waals surface area contributed by atoms with Gasteiger partial charge in [0.1, 0.15) is 5.75 Å². The van der Waals surface area contributed by atoms with Crippen LogP contribution in [-0.4, -0.2) is 16.2 Å². The number of halogens is 1. The molecule has 4 nitrogen and oxygen atoms in total. The third-order valence-electron chi connectivity index (χ3n) is 3.67. The molecule has 1 heterocycles. The minimum atomic E-state index is -0.00424. The van der Waals surface area contributed by atoms with Crippen molar-refractivity contribution >= 4 is 26.8 Å².